The van der Waals surface area contributed by atoms with Gasteiger partial charge in [0, 0.05) is 20.6 Å². The highest BCUT2D eigenvalue weighted by Crippen LogP contribution is 2.31. The van der Waals surface area contributed by atoms with Crippen LogP contribution in [0.5, 0.6) is 5.75 Å². The van der Waals surface area contributed by atoms with Crippen LogP contribution >= 0.6 is 0 Å². The fraction of sp³-hybridized carbons (Fsp3) is 0.500. The zero-order chi connectivity index (χ0) is 21.3. The average molecular weight is 423 g/mol. The molecule has 1 N–H and O–H groups in total. The van der Waals surface area contributed by atoms with E-state index in [0.717, 1.165) is 21.3 Å². The van der Waals surface area contributed by atoms with Crippen molar-refractivity contribution in [2.24, 2.45) is 0 Å². The zero-order valence-electron chi connectivity index (χ0n) is 15.4. The fourth-order valence-corrected chi connectivity index (χ4v) is 3.53. The Balaban J connectivity index is 2.10. The Labute approximate surface area is 160 Å². The number of sulfonamides is 1. The first-order valence-electron chi connectivity index (χ1n) is 8.17. The molecule has 1 atom stereocenters. The molecule has 1 aliphatic heterocycles. The third kappa shape index (κ3) is 4.73. The third-order valence-electron chi connectivity index (χ3n) is 4.28. The van der Waals surface area contributed by atoms with Crippen LogP contribution < -0.4 is 10.1 Å². The van der Waals surface area contributed by atoms with Gasteiger partial charge in [-0.2, -0.15) is 0 Å². The van der Waals surface area contributed by atoms with Gasteiger partial charge in [-0.05, 0) is 31.0 Å². The van der Waals surface area contributed by atoms with Gasteiger partial charge < -0.3 is 10.1 Å². The predicted molar refractivity (Wildman–Crippen MR) is 92.8 cm³/mol. The number of nitrogens with one attached hydrogen (secondary N) is 1. The molecule has 156 valence electrons. The number of hydrogen-bond acceptors (Lipinski definition) is 5. The summed E-state index contributed by atoms with van der Waals surface area (Å²) in [6.07, 6.45) is -4.79. The van der Waals surface area contributed by atoms with E-state index in [0.29, 0.717) is 0 Å². The SMILES string of the molecule is CN(C)S(=O)(=O)CCCN1C(=O)NC(C)(c2ccc(OC(F)(F)F)cc2)C1=O. The number of amides is 3. The van der Waals surface area contributed by atoms with Crippen molar-refractivity contribution in [2.45, 2.75) is 25.2 Å². The van der Waals surface area contributed by atoms with E-state index in [1.807, 2.05) is 0 Å². The molecule has 0 aliphatic carbocycles. The minimum Gasteiger partial charge on any atom is -0.406 e. The second kappa shape index (κ2) is 7.59. The number of halogens is 3. The second-order valence-electron chi connectivity index (χ2n) is 6.54. The van der Waals surface area contributed by atoms with Crippen LogP contribution in [0.3, 0.4) is 0 Å². The lowest BCUT2D eigenvalue weighted by Gasteiger charge is -2.22. The Morgan fingerprint density at radius 2 is 1.75 bits per heavy atom. The van der Waals surface area contributed by atoms with E-state index in [1.165, 1.54) is 33.2 Å². The summed E-state index contributed by atoms with van der Waals surface area (Å²) in [6.45, 7) is 1.31. The summed E-state index contributed by atoms with van der Waals surface area (Å²) in [7, 11) is -0.705. The lowest BCUT2D eigenvalue weighted by atomic mass is 9.92. The normalized spacial score (nSPS) is 20.6. The summed E-state index contributed by atoms with van der Waals surface area (Å²) in [4.78, 5) is 25.8. The quantitative estimate of drug-likeness (QED) is 0.673. The zero-order valence-corrected chi connectivity index (χ0v) is 16.2. The maximum absolute atomic E-state index is 12.7. The molecule has 2 rings (SSSR count). The maximum atomic E-state index is 12.7. The molecule has 1 fully saturated rings. The Morgan fingerprint density at radius 3 is 2.25 bits per heavy atom. The Morgan fingerprint density at radius 1 is 1.18 bits per heavy atom. The lowest BCUT2D eigenvalue weighted by Crippen LogP contribution is -2.41. The molecule has 0 spiro atoms. The largest absolute Gasteiger partial charge is 0.573 e. The van der Waals surface area contributed by atoms with Gasteiger partial charge >= 0.3 is 12.4 Å². The molecule has 0 aromatic heterocycles. The molecule has 0 saturated carbocycles. The average Bonchev–Trinajstić information content (AvgIpc) is 2.77. The van der Waals surface area contributed by atoms with Crippen molar-refractivity contribution in [3.05, 3.63) is 29.8 Å². The van der Waals surface area contributed by atoms with Crippen molar-refractivity contribution in [1.82, 2.24) is 14.5 Å². The van der Waals surface area contributed by atoms with Crippen molar-refractivity contribution in [3.8, 4) is 5.75 Å². The van der Waals surface area contributed by atoms with E-state index in [-0.39, 0.29) is 24.3 Å². The Kier molecular flexibility index (Phi) is 5.95. The second-order valence-corrected chi connectivity index (χ2v) is 8.84. The summed E-state index contributed by atoms with van der Waals surface area (Å²) < 4.78 is 65.1. The van der Waals surface area contributed by atoms with Gasteiger partial charge in [0.2, 0.25) is 10.0 Å². The number of rotatable bonds is 7. The number of benzene rings is 1. The summed E-state index contributed by atoms with van der Waals surface area (Å²) in [5.74, 6) is -1.32. The topological polar surface area (TPSA) is 96.0 Å². The first kappa shape index (κ1) is 22.0. The molecular weight excluding hydrogens is 403 g/mol. The highest BCUT2D eigenvalue weighted by atomic mass is 32.2. The molecule has 1 heterocycles. The molecular formula is C16H20F3N3O5S. The van der Waals surface area contributed by atoms with Crippen LogP contribution in [0.1, 0.15) is 18.9 Å². The monoisotopic (exact) mass is 423 g/mol. The highest BCUT2D eigenvalue weighted by molar-refractivity contribution is 7.89. The van der Waals surface area contributed by atoms with Crippen LogP contribution in [0.2, 0.25) is 0 Å². The number of imide groups is 1. The van der Waals surface area contributed by atoms with Crippen LogP contribution in [0.25, 0.3) is 0 Å². The molecule has 1 saturated heterocycles. The first-order valence-corrected chi connectivity index (χ1v) is 9.78. The van der Waals surface area contributed by atoms with E-state index in [2.05, 4.69) is 10.1 Å². The predicted octanol–water partition coefficient (Wildman–Crippen LogP) is 1.63. The van der Waals surface area contributed by atoms with Gasteiger partial charge in [-0.15, -0.1) is 13.2 Å². The van der Waals surface area contributed by atoms with Crippen molar-refractivity contribution >= 4 is 22.0 Å². The number of alkyl halides is 3. The number of ether oxygens (including phenoxy) is 1. The van der Waals surface area contributed by atoms with Crippen LogP contribution in [-0.2, 0) is 20.4 Å². The molecule has 1 unspecified atom stereocenters. The van der Waals surface area contributed by atoms with Gasteiger partial charge in [0.15, 0.2) is 0 Å². The van der Waals surface area contributed by atoms with Crippen molar-refractivity contribution in [1.29, 1.82) is 0 Å². The summed E-state index contributed by atoms with van der Waals surface area (Å²) >= 11 is 0. The van der Waals surface area contributed by atoms with E-state index in [4.69, 9.17) is 0 Å². The number of carbonyl (C=O) groups excluding carboxylic acids is 2. The first-order chi connectivity index (χ1) is 12.8. The third-order valence-corrected chi connectivity index (χ3v) is 6.20. The smallest absolute Gasteiger partial charge is 0.406 e. The number of urea groups is 1. The number of nitrogens with zero attached hydrogens (tertiary/aromatic N) is 2. The minimum atomic E-state index is -4.84. The molecule has 1 aliphatic rings. The summed E-state index contributed by atoms with van der Waals surface area (Å²) in [5.41, 5.74) is -1.21. The number of carbonyl (C=O) groups is 2. The van der Waals surface area contributed by atoms with Gasteiger partial charge in [0.1, 0.15) is 11.3 Å². The van der Waals surface area contributed by atoms with Gasteiger partial charge in [0.05, 0.1) is 5.75 Å². The van der Waals surface area contributed by atoms with Gasteiger partial charge in [-0.3, -0.25) is 9.69 Å². The molecule has 8 nitrogen and oxygen atoms in total. The molecule has 3 amide bonds. The summed E-state index contributed by atoms with van der Waals surface area (Å²) in [5, 5.41) is 2.50. The highest BCUT2D eigenvalue weighted by Gasteiger charge is 2.48. The van der Waals surface area contributed by atoms with Gasteiger partial charge in [0.25, 0.3) is 5.91 Å². The van der Waals surface area contributed by atoms with Crippen LogP contribution in [0.15, 0.2) is 24.3 Å². The molecule has 1 aromatic rings. The molecule has 0 radical (unpaired) electrons. The van der Waals surface area contributed by atoms with E-state index >= 15 is 0 Å². The maximum Gasteiger partial charge on any atom is 0.573 e. The van der Waals surface area contributed by atoms with Crippen molar-refractivity contribution in [2.75, 3.05) is 26.4 Å². The molecule has 12 heteroatoms. The van der Waals surface area contributed by atoms with E-state index < -0.39 is 39.6 Å². The van der Waals surface area contributed by atoms with Gasteiger partial charge in [-0.1, -0.05) is 12.1 Å². The van der Waals surface area contributed by atoms with E-state index in [9.17, 15) is 31.2 Å². The lowest BCUT2D eigenvalue weighted by molar-refractivity contribution is -0.274. The van der Waals surface area contributed by atoms with Crippen molar-refractivity contribution in [3.63, 3.8) is 0 Å². The van der Waals surface area contributed by atoms with E-state index in [1.54, 1.807) is 0 Å². The molecule has 28 heavy (non-hydrogen) atoms. The van der Waals surface area contributed by atoms with Gasteiger partial charge in [-0.25, -0.2) is 17.5 Å². The molecule has 1 aromatic carbocycles. The van der Waals surface area contributed by atoms with Crippen LogP contribution in [0.4, 0.5) is 18.0 Å². The Bertz CT molecular complexity index is 855. The van der Waals surface area contributed by atoms with Crippen LogP contribution in [0, 0.1) is 0 Å². The van der Waals surface area contributed by atoms with Crippen molar-refractivity contribution < 1.29 is 35.9 Å². The fourth-order valence-electron chi connectivity index (χ4n) is 2.67. The minimum absolute atomic E-state index is 0.0497. The standard InChI is InChI=1S/C16H20F3N3O5S/c1-15(11-5-7-12(8-6-11)27-16(17,18)19)13(23)22(14(24)20-15)9-4-10-28(25,26)21(2)3/h5-8H,4,9-10H2,1-3H3,(H,20,24). The number of hydrogen-bond donors (Lipinski definition) is 1. The molecule has 0 bridgehead atoms. The Hall–Kier alpha value is -2.34. The summed E-state index contributed by atoms with van der Waals surface area (Å²) in [6, 6.07) is 3.88. The van der Waals surface area contributed by atoms with Crippen LogP contribution in [-0.4, -0.2) is 62.3 Å².